The minimum atomic E-state index is -0.826. The maximum atomic E-state index is 10.8. The van der Waals surface area contributed by atoms with Crippen LogP contribution in [0.3, 0.4) is 0 Å². The molecule has 0 saturated carbocycles. The van der Waals surface area contributed by atoms with E-state index in [0.717, 1.165) is 38.5 Å². The van der Waals surface area contributed by atoms with E-state index >= 15 is 0 Å². The molecule has 0 fully saturated rings. The molecule has 0 bridgehead atoms. The van der Waals surface area contributed by atoms with Gasteiger partial charge in [-0.3, -0.25) is 4.79 Å². The summed E-state index contributed by atoms with van der Waals surface area (Å²) >= 11 is 0. The average Bonchev–Trinajstić information content (AvgIpc) is 2.63. The smallest absolute Gasteiger partial charge is 0.303 e. The van der Waals surface area contributed by atoms with Gasteiger partial charge in [0.15, 0.2) is 6.29 Å². The summed E-state index contributed by atoms with van der Waals surface area (Å²) in [7, 11) is 0. The highest BCUT2D eigenvalue weighted by atomic mass is 16.7. The number of carbonyl (C=O) groups is 1. The Hall–Kier alpha value is -1.65. The summed E-state index contributed by atoms with van der Waals surface area (Å²) in [5.74, 6) is -0.826. The molecule has 0 rings (SSSR count). The third-order valence-electron chi connectivity index (χ3n) is 3.45. The summed E-state index contributed by atoms with van der Waals surface area (Å²) in [4.78, 5) is 10.8. The lowest BCUT2D eigenvalue weighted by molar-refractivity contribution is -0.154. The summed E-state index contributed by atoms with van der Waals surface area (Å²) in [5.41, 5.74) is 0. The van der Waals surface area contributed by atoms with E-state index in [9.17, 15) is 4.79 Å². The maximum Gasteiger partial charge on any atom is 0.303 e. The van der Waals surface area contributed by atoms with Crippen LogP contribution in [0.5, 0.6) is 0 Å². The van der Waals surface area contributed by atoms with E-state index in [1.54, 1.807) is 0 Å². The van der Waals surface area contributed by atoms with Crippen molar-refractivity contribution in [3.05, 3.63) is 48.6 Å². The highest BCUT2D eigenvalue weighted by Gasteiger charge is 2.11. The topological polar surface area (TPSA) is 55.8 Å². The van der Waals surface area contributed by atoms with Crippen molar-refractivity contribution in [2.24, 2.45) is 0 Å². The molecule has 1 unspecified atom stereocenters. The average molecular weight is 365 g/mol. The lowest BCUT2D eigenvalue weighted by Gasteiger charge is -2.17. The van der Waals surface area contributed by atoms with E-state index in [0.29, 0.717) is 19.6 Å². The van der Waals surface area contributed by atoms with Gasteiger partial charge in [0.1, 0.15) is 0 Å². The molecule has 148 valence electrons. The first-order chi connectivity index (χ1) is 12.7. The van der Waals surface area contributed by atoms with E-state index in [4.69, 9.17) is 14.6 Å². The van der Waals surface area contributed by atoms with Gasteiger partial charge in [-0.2, -0.15) is 0 Å². The Morgan fingerprint density at radius 2 is 1.27 bits per heavy atom. The van der Waals surface area contributed by atoms with Crippen LogP contribution in [0.1, 0.15) is 65.2 Å². The summed E-state index contributed by atoms with van der Waals surface area (Å²) in [6.07, 6.45) is 22.5. The third-order valence-corrected chi connectivity index (χ3v) is 3.45. The molecule has 0 aliphatic carbocycles. The Bertz CT molecular complexity index is 403. The van der Waals surface area contributed by atoms with Crippen LogP contribution in [0.4, 0.5) is 0 Å². The molecule has 0 radical (unpaired) electrons. The van der Waals surface area contributed by atoms with Gasteiger partial charge in [-0.1, -0.05) is 62.5 Å². The predicted octanol–water partition coefficient (Wildman–Crippen LogP) is 5.82. The van der Waals surface area contributed by atoms with Crippen LogP contribution in [0.15, 0.2) is 48.6 Å². The highest BCUT2D eigenvalue weighted by molar-refractivity contribution is 5.66. The van der Waals surface area contributed by atoms with Gasteiger partial charge in [0.25, 0.3) is 0 Å². The number of hydrogen-bond acceptors (Lipinski definition) is 3. The molecule has 0 aromatic rings. The predicted molar refractivity (Wildman–Crippen MR) is 108 cm³/mol. The van der Waals surface area contributed by atoms with Crippen LogP contribution >= 0.6 is 0 Å². The lowest BCUT2D eigenvalue weighted by atomic mass is 10.3. The van der Waals surface area contributed by atoms with Crippen molar-refractivity contribution in [2.75, 3.05) is 13.2 Å². The van der Waals surface area contributed by atoms with Gasteiger partial charge in [-0.25, -0.2) is 0 Å². The molecule has 4 nitrogen and oxygen atoms in total. The normalized spacial score (nSPS) is 13.6. The van der Waals surface area contributed by atoms with Crippen LogP contribution < -0.4 is 0 Å². The van der Waals surface area contributed by atoms with Crippen molar-refractivity contribution in [3.8, 4) is 0 Å². The Morgan fingerprint density at radius 1 is 0.808 bits per heavy atom. The van der Waals surface area contributed by atoms with Crippen LogP contribution in [0.2, 0.25) is 0 Å². The SMILES string of the molecule is CCC=CC/C=C/CCOC(CCC(=O)O)OCC/C=C/C/C=C/CC. The van der Waals surface area contributed by atoms with Gasteiger partial charge >= 0.3 is 5.97 Å². The molecule has 0 heterocycles. The van der Waals surface area contributed by atoms with Crippen molar-refractivity contribution >= 4 is 5.97 Å². The first-order valence-corrected chi connectivity index (χ1v) is 9.75. The number of rotatable bonds is 17. The molecule has 0 saturated heterocycles. The molecule has 26 heavy (non-hydrogen) atoms. The quantitative estimate of drug-likeness (QED) is 0.201. The number of aliphatic carboxylic acids is 1. The van der Waals surface area contributed by atoms with Gasteiger partial charge in [0, 0.05) is 6.42 Å². The Morgan fingerprint density at radius 3 is 1.69 bits per heavy atom. The van der Waals surface area contributed by atoms with E-state index in [-0.39, 0.29) is 6.42 Å². The molecule has 4 heteroatoms. The van der Waals surface area contributed by atoms with Crippen molar-refractivity contribution in [3.63, 3.8) is 0 Å². The monoisotopic (exact) mass is 364 g/mol. The van der Waals surface area contributed by atoms with Crippen LogP contribution in [-0.2, 0) is 14.3 Å². The van der Waals surface area contributed by atoms with Crippen LogP contribution in [0, 0.1) is 0 Å². The van der Waals surface area contributed by atoms with Gasteiger partial charge in [-0.15, -0.1) is 0 Å². The van der Waals surface area contributed by atoms with Crippen LogP contribution in [0.25, 0.3) is 0 Å². The van der Waals surface area contributed by atoms with E-state index in [2.05, 4.69) is 62.5 Å². The van der Waals surface area contributed by atoms with E-state index in [1.807, 2.05) is 0 Å². The fourth-order valence-corrected chi connectivity index (χ4v) is 2.10. The molecule has 0 aliphatic rings. The summed E-state index contributed by atoms with van der Waals surface area (Å²) in [6.45, 7) is 5.31. The summed E-state index contributed by atoms with van der Waals surface area (Å²) < 4.78 is 11.4. The molecule has 1 atom stereocenters. The summed E-state index contributed by atoms with van der Waals surface area (Å²) in [6, 6.07) is 0. The molecule has 0 aromatic heterocycles. The fraction of sp³-hybridized carbons (Fsp3) is 0.591. The molecule has 0 spiro atoms. The van der Waals surface area contributed by atoms with Crippen LogP contribution in [-0.4, -0.2) is 30.6 Å². The zero-order valence-corrected chi connectivity index (χ0v) is 16.4. The van der Waals surface area contributed by atoms with Gasteiger partial charge < -0.3 is 14.6 Å². The second kappa shape index (κ2) is 19.7. The number of allylic oxidation sites excluding steroid dienone is 6. The van der Waals surface area contributed by atoms with E-state index in [1.165, 1.54) is 0 Å². The molecular formula is C22H36O4. The fourth-order valence-electron chi connectivity index (χ4n) is 2.10. The first kappa shape index (κ1) is 24.4. The van der Waals surface area contributed by atoms with Crippen molar-refractivity contribution in [1.82, 2.24) is 0 Å². The maximum absolute atomic E-state index is 10.8. The number of carboxylic acids is 1. The Labute approximate surface area is 159 Å². The third kappa shape index (κ3) is 18.7. The minimum absolute atomic E-state index is 0.0555. The zero-order chi connectivity index (χ0) is 19.3. The Kier molecular flexibility index (Phi) is 18.4. The number of hydrogen-bond donors (Lipinski definition) is 1. The number of ether oxygens (including phenoxy) is 2. The van der Waals surface area contributed by atoms with Crippen molar-refractivity contribution < 1.29 is 19.4 Å². The summed E-state index contributed by atoms with van der Waals surface area (Å²) in [5, 5.41) is 8.84. The molecule has 0 aliphatic heterocycles. The van der Waals surface area contributed by atoms with Gasteiger partial charge in [0.05, 0.1) is 19.6 Å². The first-order valence-electron chi connectivity index (χ1n) is 9.75. The molecule has 1 N–H and O–H groups in total. The highest BCUT2D eigenvalue weighted by Crippen LogP contribution is 2.07. The largest absolute Gasteiger partial charge is 0.481 e. The van der Waals surface area contributed by atoms with Crippen molar-refractivity contribution in [1.29, 1.82) is 0 Å². The Balaban J connectivity index is 3.98. The van der Waals surface area contributed by atoms with Gasteiger partial charge in [0.2, 0.25) is 0 Å². The second-order valence-corrected chi connectivity index (χ2v) is 5.85. The van der Waals surface area contributed by atoms with E-state index < -0.39 is 12.3 Å². The van der Waals surface area contributed by atoms with Crippen molar-refractivity contribution in [2.45, 2.75) is 71.5 Å². The molecule has 0 amide bonds. The van der Waals surface area contributed by atoms with Gasteiger partial charge in [-0.05, 0) is 38.5 Å². The second-order valence-electron chi connectivity index (χ2n) is 5.85. The molecule has 0 aromatic carbocycles. The standard InChI is InChI=1S/C22H36O4/c1-3-5-7-9-11-13-15-19-25-22(18-17-21(23)24)26-20-16-14-12-10-8-6-4-2/h5-8,11-14,22H,3-4,9-10,15-20H2,1-2H3,(H,23,24)/b7-5+,8-6?,13-11+,14-12+. The minimum Gasteiger partial charge on any atom is -0.481 e. The number of carboxylic acid groups (broad SMARTS) is 1. The lowest BCUT2D eigenvalue weighted by Crippen LogP contribution is -2.20. The molecular weight excluding hydrogens is 328 g/mol. The zero-order valence-electron chi connectivity index (χ0n) is 16.4.